The van der Waals surface area contributed by atoms with E-state index < -0.39 is 0 Å². The summed E-state index contributed by atoms with van der Waals surface area (Å²) in [7, 11) is 0. The molecule has 0 atom stereocenters. The molecule has 0 fully saturated rings. The highest BCUT2D eigenvalue weighted by Gasteiger charge is 2.15. The van der Waals surface area contributed by atoms with E-state index in [2.05, 4.69) is 0 Å². The fourth-order valence-corrected chi connectivity index (χ4v) is 3.18. The molecule has 2 aromatic carbocycles. The summed E-state index contributed by atoms with van der Waals surface area (Å²) in [4.78, 5) is 9.59. The minimum absolute atomic E-state index is 0.153. The first-order valence-corrected chi connectivity index (χ1v) is 9.13. The molecule has 138 valence electrons. The lowest BCUT2D eigenvalue weighted by Crippen LogP contribution is -2.02. The Labute approximate surface area is 163 Å². The molecule has 0 radical (unpaired) electrons. The fraction of sp³-hybridized carbons (Fsp3) is 0.0833. The van der Waals surface area contributed by atoms with E-state index in [4.69, 9.17) is 9.97 Å². The summed E-state index contributed by atoms with van der Waals surface area (Å²) in [6.45, 7) is -0.307. The molecule has 4 aromatic rings. The Morgan fingerprint density at radius 1 is 0.500 bits per heavy atom. The van der Waals surface area contributed by atoms with Crippen molar-refractivity contribution in [1.82, 2.24) is 9.97 Å². The van der Waals surface area contributed by atoms with E-state index >= 15 is 0 Å². The van der Waals surface area contributed by atoms with Gasteiger partial charge in [-0.15, -0.1) is 0 Å². The summed E-state index contributed by atoms with van der Waals surface area (Å²) in [5, 5.41) is 19.7. The summed E-state index contributed by atoms with van der Waals surface area (Å²) >= 11 is 0. The van der Waals surface area contributed by atoms with E-state index in [0.29, 0.717) is 22.5 Å². The molecule has 0 aliphatic carbocycles. The van der Waals surface area contributed by atoms with Crippen molar-refractivity contribution >= 4 is 0 Å². The molecule has 2 N–H and O–H groups in total. The third kappa shape index (κ3) is 3.56. The van der Waals surface area contributed by atoms with Crippen molar-refractivity contribution in [2.24, 2.45) is 0 Å². The van der Waals surface area contributed by atoms with Gasteiger partial charge < -0.3 is 10.2 Å². The van der Waals surface area contributed by atoms with Gasteiger partial charge in [0.25, 0.3) is 0 Å². The molecule has 0 aliphatic rings. The van der Waals surface area contributed by atoms with Crippen molar-refractivity contribution in [3.8, 4) is 33.9 Å². The maximum Gasteiger partial charge on any atom is 0.0952 e. The van der Waals surface area contributed by atoms with Crippen LogP contribution in [0.4, 0.5) is 0 Å². The first-order chi connectivity index (χ1) is 13.8. The maximum atomic E-state index is 9.86. The van der Waals surface area contributed by atoms with Crippen molar-refractivity contribution < 1.29 is 10.2 Å². The van der Waals surface area contributed by atoms with E-state index in [0.717, 1.165) is 22.5 Å². The van der Waals surface area contributed by atoms with Crippen LogP contribution in [0.25, 0.3) is 33.9 Å². The number of hydrogen-bond donors (Lipinski definition) is 2. The number of aromatic nitrogens is 2. The highest BCUT2D eigenvalue weighted by molar-refractivity contribution is 5.71. The van der Waals surface area contributed by atoms with Crippen LogP contribution in [0, 0.1) is 0 Å². The molecular weight excluding hydrogens is 348 g/mol. The first-order valence-electron chi connectivity index (χ1n) is 9.13. The molecule has 0 saturated heterocycles. The molecule has 4 nitrogen and oxygen atoms in total. The molecule has 0 saturated carbocycles. The third-order valence-electron chi connectivity index (χ3n) is 4.66. The van der Waals surface area contributed by atoms with Crippen LogP contribution >= 0.6 is 0 Å². The summed E-state index contributed by atoms with van der Waals surface area (Å²) in [5.74, 6) is 0. The highest BCUT2D eigenvalue weighted by atomic mass is 16.3. The number of pyridine rings is 2. The standard InChI is InChI=1S/C24H20N2O2/c27-15-19-11-13-21(17-7-3-1-4-8-17)25-23(19)24-20(16-28)12-14-22(26-24)18-9-5-2-6-10-18/h1-14,27-28H,15-16H2. The zero-order valence-electron chi connectivity index (χ0n) is 15.3. The van der Waals surface area contributed by atoms with Crippen molar-refractivity contribution in [2.45, 2.75) is 13.2 Å². The Kier molecular flexibility index (Phi) is 5.24. The Bertz CT molecular complexity index is 991. The number of aliphatic hydroxyl groups excluding tert-OH is 2. The highest BCUT2D eigenvalue weighted by Crippen LogP contribution is 2.30. The second-order valence-corrected chi connectivity index (χ2v) is 6.46. The smallest absolute Gasteiger partial charge is 0.0952 e. The second-order valence-electron chi connectivity index (χ2n) is 6.46. The average molecular weight is 368 g/mol. The van der Waals surface area contributed by atoms with Gasteiger partial charge in [-0.3, -0.25) is 0 Å². The van der Waals surface area contributed by atoms with Crippen molar-refractivity contribution in [1.29, 1.82) is 0 Å². The Morgan fingerprint density at radius 2 is 0.893 bits per heavy atom. The second kappa shape index (κ2) is 8.13. The van der Waals surface area contributed by atoms with E-state index in [1.165, 1.54) is 0 Å². The van der Waals surface area contributed by atoms with Crippen molar-refractivity contribution in [2.75, 3.05) is 0 Å². The molecule has 2 aromatic heterocycles. The Morgan fingerprint density at radius 3 is 1.25 bits per heavy atom. The van der Waals surface area contributed by atoms with Gasteiger partial charge in [0.05, 0.1) is 36.0 Å². The first kappa shape index (κ1) is 18.0. The fourth-order valence-electron chi connectivity index (χ4n) is 3.18. The molecule has 4 rings (SSSR count). The average Bonchev–Trinajstić information content (AvgIpc) is 2.79. The number of benzene rings is 2. The monoisotopic (exact) mass is 368 g/mol. The van der Waals surface area contributed by atoms with E-state index in [1.54, 1.807) is 0 Å². The van der Waals surface area contributed by atoms with E-state index in [9.17, 15) is 10.2 Å². The lowest BCUT2D eigenvalue weighted by Gasteiger charge is -2.13. The largest absolute Gasteiger partial charge is 0.392 e. The maximum absolute atomic E-state index is 9.86. The number of hydrogen-bond acceptors (Lipinski definition) is 4. The van der Waals surface area contributed by atoms with Gasteiger partial charge in [0.1, 0.15) is 0 Å². The topological polar surface area (TPSA) is 66.2 Å². The minimum atomic E-state index is -0.153. The van der Waals surface area contributed by atoms with Crippen LogP contribution in [0.2, 0.25) is 0 Å². The quantitative estimate of drug-likeness (QED) is 0.546. The molecule has 0 unspecified atom stereocenters. The van der Waals surface area contributed by atoms with E-state index in [-0.39, 0.29) is 13.2 Å². The lowest BCUT2D eigenvalue weighted by molar-refractivity contribution is 0.279. The van der Waals surface area contributed by atoms with Gasteiger partial charge in [0, 0.05) is 22.3 Å². The Hall–Kier alpha value is -3.34. The molecule has 0 aliphatic heterocycles. The summed E-state index contributed by atoms with van der Waals surface area (Å²) < 4.78 is 0. The number of aliphatic hydroxyl groups is 2. The molecule has 0 spiro atoms. The molecule has 0 amide bonds. The molecule has 4 heteroatoms. The van der Waals surface area contributed by atoms with Crippen LogP contribution in [0.3, 0.4) is 0 Å². The van der Waals surface area contributed by atoms with Crippen molar-refractivity contribution in [3.63, 3.8) is 0 Å². The molecule has 28 heavy (non-hydrogen) atoms. The normalized spacial score (nSPS) is 10.8. The van der Waals surface area contributed by atoms with Crippen LogP contribution in [0.5, 0.6) is 0 Å². The van der Waals surface area contributed by atoms with Gasteiger partial charge in [-0.05, 0) is 12.1 Å². The van der Waals surface area contributed by atoms with Gasteiger partial charge in [-0.1, -0.05) is 72.8 Å². The summed E-state index contributed by atoms with van der Waals surface area (Å²) in [6, 6.07) is 27.2. The molecular formula is C24H20N2O2. The zero-order chi connectivity index (χ0) is 19.3. The molecule has 2 heterocycles. The van der Waals surface area contributed by atoms with Crippen LogP contribution in [-0.4, -0.2) is 20.2 Å². The van der Waals surface area contributed by atoms with Gasteiger partial charge in [-0.25, -0.2) is 9.97 Å². The number of rotatable bonds is 5. The van der Waals surface area contributed by atoms with E-state index in [1.807, 2.05) is 84.9 Å². The summed E-state index contributed by atoms with van der Waals surface area (Å²) in [6.07, 6.45) is 0. The van der Waals surface area contributed by atoms with Crippen LogP contribution in [0.1, 0.15) is 11.1 Å². The van der Waals surface area contributed by atoms with Crippen LogP contribution < -0.4 is 0 Å². The summed E-state index contributed by atoms with van der Waals surface area (Å²) in [5.41, 5.74) is 6.08. The van der Waals surface area contributed by atoms with Gasteiger partial charge >= 0.3 is 0 Å². The SMILES string of the molecule is OCc1ccc(-c2ccccc2)nc1-c1nc(-c2ccccc2)ccc1CO. The van der Waals surface area contributed by atoms with Crippen LogP contribution in [0.15, 0.2) is 84.9 Å². The van der Waals surface area contributed by atoms with Crippen LogP contribution in [-0.2, 0) is 13.2 Å². The zero-order valence-corrected chi connectivity index (χ0v) is 15.3. The van der Waals surface area contributed by atoms with Gasteiger partial charge in [-0.2, -0.15) is 0 Å². The minimum Gasteiger partial charge on any atom is -0.392 e. The molecule has 0 bridgehead atoms. The van der Waals surface area contributed by atoms with Gasteiger partial charge in [0.15, 0.2) is 0 Å². The third-order valence-corrected chi connectivity index (χ3v) is 4.66. The van der Waals surface area contributed by atoms with Crippen molar-refractivity contribution in [3.05, 3.63) is 96.1 Å². The predicted molar refractivity (Wildman–Crippen MR) is 110 cm³/mol. The Balaban J connectivity index is 1.90. The predicted octanol–water partition coefficient (Wildman–Crippen LogP) is 4.46. The van der Waals surface area contributed by atoms with Gasteiger partial charge in [0.2, 0.25) is 0 Å². The number of nitrogens with zero attached hydrogens (tertiary/aromatic N) is 2. The lowest BCUT2D eigenvalue weighted by atomic mass is 10.0.